The average molecular weight is 367 g/mol. The fraction of sp³-hybridized carbons (Fsp3) is 0.158. The van der Waals surface area contributed by atoms with Gasteiger partial charge in [0.25, 0.3) is 11.6 Å². The Kier molecular flexibility index (Phi) is 5.16. The van der Waals surface area contributed by atoms with E-state index in [0.29, 0.717) is 17.8 Å². The van der Waals surface area contributed by atoms with Gasteiger partial charge in [-0.1, -0.05) is 18.2 Å². The number of nitrogens with zero attached hydrogens (tertiary/aromatic N) is 2. The van der Waals surface area contributed by atoms with E-state index in [0.717, 1.165) is 5.39 Å². The highest BCUT2D eigenvalue weighted by molar-refractivity contribution is 6.10. The first-order chi connectivity index (χ1) is 13.0. The number of methoxy groups -OCH3 is 1. The number of benzene rings is 2. The fourth-order valence-corrected chi connectivity index (χ4v) is 2.70. The molecule has 27 heavy (non-hydrogen) atoms. The van der Waals surface area contributed by atoms with Crippen LogP contribution in [-0.4, -0.2) is 29.5 Å². The third-order valence-corrected chi connectivity index (χ3v) is 3.90. The molecule has 3 aromatic rings. The normalized spacial score (nSPS) is 10.4. The Labute approximate surface area is 154 Å². The number of nitrogens with one attached hydrogen (secondary N) is 1. The maximum Gasteiger partial charge on any atom is 0.286 e. The number of carbonyl (C=O) groups is 1. The van der Waals surface area contributed by atoms with Gasteiger partial charge in [0.05, 0.1) is 35.9 Å². The molecule has 0 bridgehead atoms. The van der Waals surface area contributed by atoms with Crippen LogP contribution in [0.2, 0.25) is 0 Å². The Morgan fingerprint density at radius 3 is 2.70 bits per heavy atom. The van der Waals surface area contributed by atoms with Crippen LogP contribution < -0.4 is 14.8 Å². The Hall–Kier alpha value is -3.68. The smallest absolute Gasteiger partial charge is 0.286 e. The van der Waals surface area contributed by atoms with Gasteiger partial charge in [-0.25, -0.2) is 0 Å². The third-order valence-electron chi connectivity index (χ3n) is 3.90. The number of fused-ring (bicyclic) bond motifs is 1. The van der Waals surface area contributed by atoms with E-state index in [1.54, 1.807) is 31.3 Å². The molecule has 1 amide bonds. The zero-order valence-electron chi connectivity index (χ0n) is 14.8. The molecular weight excluding hydrogens is 350 g/mol. The van der Waals surface area contributed by atoms with Crippen molar-refractivity contribution < 1.29 is 19.2 Å². The van der Waals surface area contributed by atoms with Crippen LogP contribution >= 0.6 is 0 Å². The number of rotatable bonds is 6. The standard InChI is InChI=1S/C19H17N3O5/c1-3-27-17-11-15(22(24)25)13(10-16(17)26-2)19(23)21-14-8-4-6-12-7-5-9-20-18(12)14/h4-11H,3H2,1-2H3,(H,21,23). The van der Waals surface area contributed by atoms with Crippen molar-refractivity contribution in [3.05, 3.63) is 64.3 Å². The number of pyridine rings is 1. The first-order valence-electron chi connectivity index (χ1n) is 8.19. The summed E-state index contributed by atoms with van der Waals surface area (Å²) in [5, 5.41) is 15.0. The van der Waals surface area contributed by atoms with E-state index in [1.807, 2.05) is 12.1 Å². The molecule has 1 heterocycles. The van der Waals surface area contributed by atoms with Gasteiger partial charge in [0.1, 0.15) is 5.56 Å². The second kappa shape index (κ2) is 7.69. The molecule has 8 heteroatoms. The molecule has 0 aliphatic rings. The van der Waals surface area contributed by atoms with Crippen LogP contribution in [0.4, 0.5) is 11.4 Å². The lowest BCUT2D eigenvalue weighted by Crippen LogP contribution is -2.15. The summed E-state index contributed by atoms with van der Waals surface area (Å²) < 4.78 is 10.6. The van der Waals surface area contributed by atoms with Crippen LogP contribution in [0.15, 0.2) is 48.7 Å². The molecule has 0 aliphatic heterocycles. The molecule has 1 N–H and O–H groups in total. The molecule has 0 saturated heterocycles. The molecule has 0 radical (unpaired) electrons. The summed E-state index contributed by atoms with van der Waals surface area (Å²) in [6.07, 6.45) is 1.61. The summed E-state index contributed by atoms with van der Waals surface area (Å²) in [5.74, 6) is -0.195. The quantitative estimate of drug-likeness (QED) is 0.525. The van der Waals surface area contributed by atoms with Crippen LogP contribution in [0.3, 0.4) is 0 Å². The predicted octanol–water partition coefficient (Wildman–Crippen LogP) is 3.80. The van der Waals surface area contributed by atoms with E-state index in [1.165, 1.54) is 19.2 Å². The summed E-state index contributed by atoms with van der Waals surface area (Å²) in [6, 6.07) is 11.5. The van der Waals surface area contributed by atoms with Crippen molar-refractivity contribution in [2.75, 3.05) is 19.0 Å². The van der Waals surface area contributed by atoms with E-state index in [4.69, 9.17) is 9.47 Å². The average Bonchev–Trinajstić information content (AvgIpc) is 2.68. The number of ether oxygens (including phenoxy) is 2. The minimum Gasteiger partial charge on any atom is -0.493 e. The molecule has 2 aromatic carbocycles. The number of nitro benzene ring substituents is 1. The number of anilines is 1. The lowest BCUT2D eigenvalue weighted by molar-refractivity contribution is -0.385. The zero-order valence-corrected chi connectivity index (χ0v) is 14.8. The monoisotopic (exact) mass is 367 g/mol. The second-order valence-corrected chi connectivity index (χ2v) is 5.55. The largest absolute Gasteiger partial charge is 0.493 e. The van der Waals surface area contributed by atoms with Gasteiger partial charge in [0.15, 0.2) is 11.5 Å². The number of amides is 1. The summed E-state index contributed by atoms with van der Waals surface area (Å²) in [4.78, 5) is 27.9. The molecule has 138 valence electrons. The number of hydrogen-bond donors (Lipinski definition) is 1. The molecule has 0 unspecified atom stereocenters. The van der Waals surface area contributed by atoms with Crippen molar-refractivity contribution >= 4 is 28.2 Å². The summed E-state index contributed by atoms with van der Waals surface area (Å²) in [6.45, 7) is 2.06. The summed E-state index contributed by atoms with van der Waals surface area (Å²) >= 11 is 0. The van der Waals surface area contributed by atoms with Gasteiger partial charge in [-0.2, -0.15) is 0 Å². The topological polar surface area (TPSA) is 104 Å². The maximum absolute atomic E-state index is 12.8. The molecule has 0 spiro atoms. The van der Waals surface area contributed by atoms with Gasteiger partial charge in [-0.3, -0.25) is 19.9 Å². The fourth-order valence-electron chi connectivity index (χ4n) is 2.70. The van der Waals surface area contributed by atoms with Crippen LogP contribution in [-0.2, 0) is 0 Å². The lowest BCUT2D eigenvalue weighted by atomic mass is 10.1. The minimum absolute atomic E-state index is 0.131. The van der Waals surface area contributed by atoms with Crippen LogP contribution in [0.25, 0.3) is 10.9 Å². The van der Waals surface area contributed by atoms with E-state index >= 15 is 0 Å². The van der Waals surface area contributed by atoms with Gasteiger partial charge in [-0.05, 0) is 19.1 Å². The number of carbonyl (C=O) groups excluding carboxylic acids is 1. The molecule has 0 aliphatic carbocycles. The third kappa shape index (κ3) is 3.64. The van der Waals surface area contributed by atoms with Gasteiger partial charge in [-0.15, -0.1) is 0 Å². The number of aromatic nitrogens is 1. The first kappa shape index (κ1) is 18.1. The van der Waals surface area contributed by atoms with Gasteiger partial charge < -0.3 is 14.8 Å². The second-order valence-electron chi connectivity index (χ2n) is 5.55. The van der Waals surface area contributed by atoms with Crippen molar-refractivity contribution in [3.63, 3.8) is 0 Å². The molecule has 1 aromatic heterocycles. The van der Waals surface area contributed by atoms with Crippen molar-refractivity contribution in [1.82, 2.24) is 4.98 Å². The SMILES string of the molecule is CCOc1cc([N+](=O)[O-])c(C(=O)Nc2cccc3cccnc23)cc1OC. The Balaban J connectivity index is 2.04. The van der Waals surface area contributed by atoms with Crippen molar-refractivity contribution in [2.45, 2.75) is 6.92 Å². The van der Waals surface area contributed by atoms with Crippen molar-refractivity contribution in [1.29, 1.82) is 0 Å². The molecule has 3 rings (SSSR count). The first-order valence-corrected chi connectivity index (χ1v) is 8.19. The minimum atomic E-state index is -0.638. The molecule has 0 saturated carbocycles. The Bertz CT molecular complexity index is 1010. The van der Waals surface area contributed by atoms with Crippen LogP contribution in [0.1, 0.15) is 17.3 Å². The summed E-state index contributed by atoms with van der Waals surface area (Å²) in [5.41, 5.74) is 0.548. The molecule has 8 nitrogen and oxygen atoms in total. The Morgan fingerprint density at radius 1 is 1.22 bits per heavy atom. The highest BCUT2D eigenvalue weighted by Gasteiger charge is 2.25. The predicted molar refractivity (Wildman–Crippen MR) is 101 cm³/mol. The summed E-state index contributed by atoms with van der Waals surface area (Å²) in [7, 11) is 1.40. The van der Waals surface area contributed by atoms with Crippen LogP contribution in [0, 0.1) is 10.1 Å². The van der Waals surface area contributed by atoms with E-state index in [9.17, 15) is 14.9 Å². The molecule has 0 atom stereocenters. The van der Waals surface area contributed by atoms with Crippen molar-refractivity contribution in [2.24, 2.45) is 0 Å². The molecule has 0 fully saturated rings. The van der Waals surface area contributed by atoms with E-state index in [-0.39, 0.29) is 22.7 Å². The zero-order chi connectivity index (χ0) is 19.4. The number of para-hydroxylation sites is 1. The number of nitro groups is 1. The number of hydrogen-bond acceptors (Lipinski definition) is 6. The van der Waals surface area contributed by atoms with Gasteiger partial charge in [0.2, 0.25) is 0 Å². The lowest BCUT2D eigenvalue weighted by Gasteiger charge is -2.12. The van der Waals surface area contributed by atoms with Gasteiger partial charge in [0, 0.05) is 17.6 Å². The van der Waals surface area contributed by atoms with E-state index < -0.39 is 10.8 Å². The maximum atomic E-state index is 12.8. The highest BCUT2D eigenvalue weighted by atomic mass is 16.6. The van der Waals surface area contributed by atoms with E-state index in [2.05, 4.69) is 10.3 Å². The van der Waals surface area contributed by atoms with Crippen LogP contribution in [0.5, 0.6) is 11.5 Å². The highest BCUT2D eigenvalue weighted by Crippen LogP contribution is 2.35. The Morgan fingerprint density at radius 2 is 2.00 bits per heavy atom. The molecular formula is C19H17N3O5. The van der Waals surface area contributed by atoms with Crippen molar-refractivity contribution in [3.8, 4) is 11.5 Å². The van der Waals surface area contributed by atoms with Gasteiger partial charge >= 0.3 is 0 Å².